The molecule has 92 valence electrons. The lowest BCUT2D eigenvalue weighted by molar-refractivity contribution is 0.0690. The van der Waals surface area contributed by atoms with E-state index in [-0.39, 0.29) is 17.0 Å². The SMILES string of the molecule is CC(C)(C)CNC(=O)c1ccnc(C(=O)O)c1. The smallest absolute Gasteiger partial charge is 0.354 e. The first kappa shape index (κ1) is 13.2. The number of amides is 1. The van der Waals surface area contributed by atoms with Gasteiger partial charge in [0, 0.05) is 18.3 Å². The number of pyridine rings is 1. The Kier molecular flexibility index (Phi) is 3.83. The highest BCUT2D eigenvalue weighted by Crippen LogP contribution is 2.11. The molecule has 0 spiro atoms. The summed E-state index contributed by atoms with van der Waals surface area (Å²) in [6, 6.07) is 2.75. The van der Waals surface area contributed by atoms with Gasteiger partial charge in [0.25, 0.3) is 5.91 Å². The van der Waals surface area contributed by atoms with Crippen LogP contribution < -0.4 is 5.32 Å². The second-order valence-electron chi connectivity index (χ2n) is 4.98. The number of carbonyl (C=O) groups excluding carboxylic acids is 1. The number of nitrogens with one attached hydrogen (secondary N) is 1. The van der Waals surface area contributed by atoms with E-state index in [4.69, 9.17) is 5.11 Å². The van der Waals surface area contributed by atoms with Crippen molar-refractivity contribution in [1.29, 1.82) is 0 Å². The molecule has 0 atom stereocenters. The van der Waals surface area contributed by atoms with Crippen molar-refractivity contribution in [2.75, 3.05) is 6.54 Å². The maximum absolute atomic E-state index is 11.7. The summed E-state index contributed by atoms with van der Waals surface area (Å²) in [5, 5.41) is 11.5. The predicted molar refractivity (Wildman–Crippen MR) is 63.0 cm³/mol. The molecule has 5 heteroatoms. The number of aromatic nitrogens is 1. The van der Waals surface area contributed by atoms with Gasteiger partial charge in [-0.1, -0.05) is 20.8 Å². The second kappa shape index (κ2) is 4.95. The molecule has 17 heavy (non-hydrogen) atoms. The summed E-state index contributed by atoms with van der Waals surface area (Å²) in [6.07, 6.45) is 1.31. The lowest BCUT2D eigenvalue weighted by Gasteiger charge is -2.18. The summed E-state index contributed by atoms with van der Waals surface area (Å²) in [5.74, 6) is -1.43. The van der Waals surface area contributed by atoms with Crippen molar-refractivity contribution in [1.82, 2.24) is 10.3 Å². The molecule has 0 radical (unpaired) electrons. The van der Waals surface area contributed by atoms with Crippen molar-refractivity contribution < 1.29 is 14.7 Å². The van der Waals surface area contributed by atoms with Gasteiger partial charge in [-0.25, -0.2) is 9.78 Å². The summed E-state index contributed by atoms with van der Waals surface area (Å²) < 4.78 is 0. The van der Waals surface area contributed by atoms with Crippen LogP contribution in [0, 0.1) is 5.41 Å². The van der Waals surface area contributed by atoms with Gasteiger partial charge in [-0.3, -0.25) is 4.79 Å². The summed E-state index contributed by atoms with van der Waals surface area (Å²) in [7, 11) is 0. The van der Waals surface area contributed by atoms with Crippen LogP contribution in [0.1, 0.15) is 41.6 Å². The molecule has 1 aromatic rings. The third-order valence-electron chi connectivity index (χ3n) is 2.02. The van der Waals surface area contributed by atoms with Crippen molar-refractivity contribution in [2.24, 2.45) is 5.41 Å². The number of hydrogen-bond donors (Lipinski definition) is 2. The number of hydrogen-bond acceptors (Lipinski definition) is 3. The monoisotopic (exact) mass is 236 g/mol. The number of rotatable bonds is 3. The van der Waals surface area contributed by atoms with Crippen molar-refractivity contribution in [3.05, 3.63) is 29.6 Å². The van der Waals surface area contributed by atoms with E-state index >= 15 is 0 Å². The molecule has 1 aromatic heterocycles. The second-order valence-corrected chi connectivity index (χ2v) is 4.98. The van der Waals surface area contributed by atoms with E-state index in [1.807, 2.05) is 20.8 Å². The van der Waals surface area contributed by atoms with Gasteiger partial charge in [0.1, 0.15) is 5.69 Å². The average Bonchev–Trinajstić information content (AvgIpc) is 2.25. The van der Waals surface area contributed by atoms with Gasteiger partial charge in [-0.2, -0.15) is 0 Å². The molecule has 0 aliphatic heterocycles. The summed E-state index contributed by atoms with van der Waals surface area (Å²) >= 11 is 0. The third kappa shape index (κ3) is 4.22. The maximum atomic E-state index is 11.7. The van der Waals surface area contributed by atoms with E-state index in [2.05, 4.69) is 10.3 Å². The summed E-state index contributed by atoms with van der Waals surface area (Å²) in [5.41, 5.74) is 0.160. The molecule has 0 unspecified atom stereocenters. The van der Waals surface area contributed by atoms with Crippen LogP contribution in [-0.2, 0) is 0 Å². The van der Waals surface area contributed by atoms with E-state index in [1.165, 1.54) is 18.3 Å². The molecule has 0 saturated heterocycles. The fourth-order valence-electron chi connectivity index (χ4n) is 1.14. The van der Waals surface area contributed by atoms with Crippen LogP contribution in [0.2, 0.25) is 0 Å². The molecule has 0 aliphatic carbocycles. The topological polar surface area (TPSA) is 79.3 Å². The molecular formula is C12H16N2O3. The van der Waals surface area contributed by atoms with Crippen molar-refractivity contribution >= 4 is 11.9 Å². The fraction of sp³-hybridized carbons (Fsp3) is 0.417. The van der Waals surface area contributed by atoms with Crippen LogP contribution in [0.15, 0.2) is 18.3 Å². The normalized spacial score (nSPS) is 11.0. The molecule has 0 fully saturated rings. The zero-order valence-electron chi connectivity index (χ0n) is 10.2. The van der Waals surface area contributed by atoms with E-state index in [0.29, 0.717) is 12.1 Å². The Bertz CT molecular complexity index is 436. The van der Waals surface area contributed by atoms with Gasteiger partial charge in [-0.05, 0) is 17.5 Å². The molecule has 2 N–H and O–H groups in total. The highest BCUT2D eigenvalue weighted by Gasteiger charge is 2.14. The number of nitrogens with zero attached hydrogens (tertiary/aromatic N) is 1. The van der Waals surface area contributed by atoms with Crippen molar-refractivity contribution in [3.8, 4) is 0 Å². The summed E-state index contributed by atoms with van der Waals surface area (Å²) in [4.78, 5) is 26.1. The highest BCUT2D eigenvalue weighted by atomic mass is 16.4. The zero-order valence-corrected chi connectivity index (χ0v) is 10.2. The van der Waals surface area contributed by atoms with Gasteiger partial charge in [0.05, 0.1) is 0 Å². The maximum Gasteiger partial charge on any atom is 0.354 e. The zero-order chi connectivity index (χ0) is 13.1. The standard InChI is InChI=1S/C12H16N2O3/c1-12(2,3)7-14-10(15)8-4-5-13-9(6-8)11(16)17/h4-6H,7H2,1-3H3,(H,14,15)(H,16,17). The molecule has 0 aromatic carbocycles. The first-order valence-corrected chi connectivity index (χ1v) is 5.27. The molecule has 1 amide bonds. The minimum atomic E-state index is -1.14. The number of aromatic carboxylic acids is 1. The number of carboxylic acids is 1. The Morgan fingerprint density at radius 3 is 2.59 bits per heavy atom. The number of carboxylic acid groups (broad SMARTS) is 1. The van der Waals surface area contributed by atoms with Gasteiger partial charge < -0.3 is 10.4 Å². The minimum Gasteiger partial charge on any atom is -0.477 e. The Morgan fingerprint density at radius 1 is 1.41 bits per heavy atom. The Morgan fingerprint density at radius 2 is 2.06 bits per heavy atom. The first-order valence-electron chi connectivity index (χ1n) is 5.27. The molecule has 1 heterocycles. The lowest BCUT2D eigenvalue weighted by Crippen LogP contribution is -2.32. The quantitative estimate of drug-likeness (QED) is 0.834. The van der Waals surface area contributed by atoms with Crippen molar-refractivity contribution in [3.63, 3.8) is 0 Å². The molecule has 0 aliphatic rings. The lowest BCUT2D eigenvalue weighted by atomic mass is 9.97. The Balaban J connectivity index is 2.76. The van der Waals surface area contributed by atoms with Gasteiger partial charge in [0.2, 0.25) is 0 Å². The van der Waals surface area contributed by atoms with Crippen molar-refractivity contribution in [2.45, 2.75) is 20.8 Å². The van der Waals surface area contributed by atoms with Crippen LogP contribution in [0.5, 0.6) is 0 Å². The van der Waals surface area contributed by atoms with Gasteiger partial charge in [0.15, 0.2) is 0 Å². The molecule has 5 nitrogen and oxygen atoms in total. The van der Waals surface area contributed by atoms with Crippen LogP contribution in [0.4, 0.5) is 0 Å². The van der Waals surface area contributed by atoms with Crippen LogP contribution in [0.3, 0.4) is 0 Å². The highest BCUT2D eigenvalue weighted by molar-refractivity contribution is 5.96. The largest absolute Gasteiger partial charge is 0.477 e. The predicted octanol–water partition coefficient (Wildman–Crippen LogP) is 1.56. The van der Waals surface area contributed by atoms with E-state index in [0.717, 1.165) is 0 Å². The van der Waals surface area contributed by atoms with E-state index in [9.17, 15) is 9.59 Å². The molecule has 1 rings (SSSR count). The van der Waals surface area contributed by atoms with Gasteiger partial charge >= 0.3 is 5.97 Å². The van der Waals surface area contributed by atoms with E-state index in [1.54, 1.807) is 0 Å². The Labute approximate surface area is 99.9 Å². The van der Waals surface area contributed by atoms with Gasteiger partial charge in [-0.15, -0.1) is 0 Å². The minimum absolute atomic E-state index is 0.0156. The summed E-state index contributed by atoms with van der Waals surface area (Å²) in [6.45, 7) is 6.53. The molecular weight excluding hydrogens is 220 g/mol. The van der Waals surface area contributed by atoms with Crippen LogP contribution >= 0.6 is 0 Å². The fourth-order valence-corrected chi connectivity index (χ4v) is 1.14. The molecule has 0 saturated carbocycles. The Hall–Kier alpha value is -1.91. The van der Waals surface area contributed by atoms with Crippen LogP contribution in [-0.4, -0.2) is 28.5 Å². The molecule has 0 bridgehead atoms. The van der Waals surface area contributed by atoms with Crippen LogP contribution in [0.25, 0.3) is 0 Å². The third-order valence-corrected chi connectivity index (χ3v) is 2.02. The van der Waals surface area contributed by atoms with E-state index < -0.39 is 5.97 Å². The number of carbonyl (C=O) groups is 2. The first-order chi connectivity index (χ1) is 7.79. The average molecular weight is 236 g/mol.